The molecule has 1 heterocycles. The van der Waals surface area contributed by atoms with Crippen LogP contribution in [0.3, 0.4) is 0 Å². The number of hydrogen-bond acceptors (Lipinski definition) is 3. The standard InChI is InChI=1S/C16H35N5/c1-7-17-15(19-16(3,4)5)18-12-14(2)13-21-10-8-20(6)9-11-21/h14H,7-13H2,1-6H3,(H2,17,18,19). The number of nitrogens with one attached hydrogen (secondary N) is 2. The van der Waals surface area contributed by atoms with Gasteiger partial charge in [-0.25, -0.2) is 0 Å². The minimum atomic E-state index is 0.0433. The second-order valence-electron chi connectivity index (χ2n) is 7.30. The highest BCUT2D eigenvalue weighted by atomic mass is 15.2. The fourth-order valence-corrected chi connectivity index (χ4v) is 2.44. The van der Waals surface area contributed by atoms with Gasteiger partial charge in [-0.15, -0.1) is 0 Å². The lowest BCUT2D eigenvalue weighted by Crippen LogP contribution is -2.48. The van der Waals surface area contributed by atoms with Crippen LogP contribution >= 0.6 is 0 Å². The van der Waals surface area contributed by atoms with E-state index in [1.165, 1.54) is 26.2 Å². The zero-order valence-corrected chi connectivity index (χ0v) is 14.9. The number of hydrogen-bond donors (Lipinski definition) is 2. The summed E-state index contributed by atoms with van der Waals surface area (Å²) in [5.74, 6) is 1.51. The molecule has 1 fully saturated rings. The van der Waals surface area contributed by atoms with Crippen LogP contribution in [0.5, 0.6) is 0 Å². The van der Waals surface area contributed by atoms with Gasteiger partial charge in [0.05, 0.1) is 0 Å². The van der Waals surface area contributed by atoms with Crippen LogP contribution in [0, 0.1) is 5.92 Å². The summed E-state index contributed by atoms with van der Waals surface area (Å²) in [6, 6.07) is 0. The van der Waals surface area contributed by atoms with E-state index in [0.29, 0.717) is 5.92 Å². The summed E-state index contributed by atoms with van der Waals surface area (Å²) in [6.45, 7) is 18.5. The van der Waals surface area contributed by atoms with E-state index in [1.54, 1.807) is 0 Å². The number of piperazine rings is 1. The van der Waals surface area contributed by atoms with Crippen LogP contribution in [-0.4, -0.2) is 74.2 Å². The summed E-state index contributed by atoms with van der Waals surface area (Å²) in [7, 11) is 2.20. The molecular weight excluding hydrogens is 262 g/mol. The van der Waals surface area contributed by atoms with Crippen LogP contribution in [0.1, 0.15) is 34.6 Å². The van der Waals surface area contributed by atoms with Crippen molar-refractivity contribution < 1.29 is 0 Å². The largest absolute Gasteiger partial charge is 0.357 e. The molecule has 2 N–H and O–H groups in total. The van der Waals surface area contributed by atoms with E-state index in [4.69, 9.17) is 4.99 Å². The highest BCUT2D eigenvalue weighted by Crippen LogP contribution is 2.05. The Morgan fingerprint density at radius 3 is 2.33 bits per heavy atom. The van der Waals surface area contributed by atoms with Crippen molar-refractivity contribution in [1.29, 1.82) is 0 Å². The molecule has 1 atom stereocenters. The summed E-state index contributed by atoms with van der Waals surface area (Å²) < 4.78 is 0. The zero-order chi connectivity index (χ0) is 15.9. The lowest BCUT2D eigenvalue weighted by molar-refractivity contribution is 0.140. The van der Waals surface area contributed by atoms with Gasteiger partial charge in [0.2, 0.25) is 0 Å². The van der Waals surface area contributed by atoms with Crippen molar-refractivity contribution in [3.63, 3.8) is 0 Å². The second kappa shape index (κ2) is 8.59. The highest BCUT2D eigenvalue weighted by Gasteiger charge is 2.16. The van der Waals surface area contributed by atoms with Crippen LogP contribution in [0.4, 0.5) is 0 Å². The molecule has 1 rings (SSSR count). The lowest BCUT2D eigenvalue weighted by atomic mass is 10.1. The van der Waals surface area contributed by atoms with E-state index < -0.39 is 0 Å². The first kappa shape index (κ1) is 18.2. The van der Waals surface area contributed by atoms with Gasteiger partial charge in [0, 0.05) is 51.4 Å². The first-order valence-corrected chi connectivity index (χ1v) is 8.27. The summed E-state index contributed by atoms with van der Waals surface area (Å²) in [5.41, 5.74) is 0.0433. The van der Waals surface area contributed by atoms with E-state index in [-0.39, 0.29) is 5.54 Å². The molecule has 5 nitrogen and oxygen atoms in total. The van der Waals surface area contributed by atoms with Gasteiger partial charge in [0.15, 0.2) is 5.96 Å². The topological polar surface area (TPSA) is 42.9 Å². The maximum absolute atomic E-state index is 4.74. The highest BCUT2D eigenvalue weighted by molar-refractivity contribution is 5.80. The van der Waals surface area contributed by atoms with Gasteiger partial charge in [-0.3, -0.25) is 4.99 Å². The predicted octanol–water partition coefficient (Wildman–Crippen LogP) is 1.22. The number of nitrogens with zero attached hydrogens (tertiary/aromatic N) is 3. The Bertz CT molecular complexity index is 313. The van der Waals surface area contributed by atoms with Crippen molar-refractivity contribution in [2.24, 2.45) is 10.9 Å². The Kier molecular flexibility index (Phi) is 7.46. The SMILES string of the molecule is CCNC(=NCC(C)CN1CCN(C)CC1)NC(C)(C)C. The normalized spacial score (nSPS) is 20.4. The molecule has 1 aliphatic rings. The van der Waals surface area contributed by atoms with Crippen LogP contribution in [0.15, 0.2) is 4.99 Å². The molecule has 1 unspecified atom stereocenters. The van der Waals surface area contributed by atoms with Crippen LogP contribution in [0.2, 0.25) is 0 Å². The van der Waals surface area contributed by atoms with Gasteiger partial charge in [0.25, 0.3) is 0 Å². The molecule has 1 saturated heterocycles. The molecule has 0 bridgehead atoms. The molecule has 0 aromatic rings. The molecule has 0 aromatic carbocycles. The van der Waals surface area contributed by atoms with Gasteiger partial charge < -0.3 is 20.4 Å². The summed E-state index contributed by atoms with van der Waals surface area (Å²) in [4.78, 5) is 9.70. The van der Waals surface area contributed by atoms with Gasteiger partial charge in [-0.2, -0.15) is 0 Å². The van der Waals surface area contributed by atoms with Crippen molar-refractivity contribution in [1.82, 2.24) is 20.4 Å². The Balaban J connectivity index is 2.40. The number of likely N-dealkylation sites (N-methyl/N-ethyl adjacent to an activating group) is 1. The number of rotatable bonds is 5. The maximum Gasteiger partial charge on any atom is 0.191 e. The van der Waals surface area contributed by atoms with Gasteiger partial charge in [-0.1, -0.05) is 6.92 Å². The number of aliphatic imine (C=N–C) groups is 1. The average molecular weight is 297 g/mol. The monoisotopic (exact) mass is 297 g/mol. The quantitative estimate of drug-likeness (QED) is 0.592. The first-order valence-electron chi connectivity index (χ1n) is 8.27. The van der Waals surface area contributed by atoms with E-state index >= 15 is 0 Å². The summed E-state index contributed by atoms with van der Waals surface area (Å²) in [5, 5.41) is 6.76. The third-order valence-corrected chi connectivity index (χ3v) is 3.56. The Morgan fingerprint density at radius 1 is 1.19 bits per heavy atom. The minimum absolute atomic E-state index is 0.0433. The fourth-order valence-electron chi connectivity index (χ4n) is 2.44. The maximum atomic E-state index is 4.74. The predicted molar refractivity (Wildman–Crippen MR) is 92.0 cm³/mol. The molecular formula is C16H35N5. The molecule has 0 radical (unpaired) electrons. The molecule has 0 spiro atoms. The zero-order valence-electron chi connectivity index (χ0n) is 14.9. The molecule has 0 aromatic heterocycles. The van der Waals surface area contributed by atoms with Crippen molar-refractivity contribution in [2.45, 2.75) is 40.2 Å². The minimum Gasteiger partial charge on any atom is -0.357 e. The second-order valence-corrected chi connectivity index (χ2v) is 7.30. The van der Waals surface area contributed by atoms with Crippen molar-refractivity contribution in [3.05, 3.63) is 0 Å². The lowest BCUT2D eigenvalue weighted by Gasteiger charge is -2.33. The van der Waals surface area contributed by atoms with Gasteiger partial charge in [-0.05, 0) is 40.7 Å². The number of guanidine groups is 1. The van der Waals surface area contributed by atoms with Crippen molar-refractivity contribution in [2.75, 3.05) is 52.9 Å². The smallest absolute Gasteiger partial charge is 0.191 e. The van der Waals surface area contributed by atoms with E-state index in [9.17, 15) is 0 Å². The van der Waals surface area contributed by atoms with E-state index in [0.717, 1.165) is 25.6 Å². The Morgan fingerprint density at radius 2 is 1.81 bits per heavy atom. The van der Waals surface area contributed by atoms with E-state index in [2.05, 4.69) is 62.1 Å². The van der Waals surface area contributed by atoms with Crippen LogP contribution in [0.25, 0.3) is 0 Å². The molecule has 1 aliphatic heterocycles. The average Bonchev–Trinajstić information content (AvgIpc) is 2.37. The molecule has 21 heavy (non-hydrogen) atoms. The van der Waals surface area contributed by atoms with Crippen molar-refractivity contribution >= 4 is 5.96 Å². The van der Waals surface area contributed by atoms with Gasteiger partial charge >= 0.3 is 0 Å². The molecule has 0 aliphatic carbocycles. The molecule has 5 heteroatoms. The Hall–Kier alpha value is -0.810. The molecule has 0 saturated carbocycles. The first-order chi connectivity index (χ1) is 9.80. The van der Waals surface area contributed by atoms with Crippen molar-refractivity contribution in [3.8, 4) is 0 Å². The van der Waals surface area contributed by atoms with Crippen LogP contribution < -0.4 is 10.6 Å². The third-order valence-electron chi connectivity index (χ3n) is 3.56. The summed E-state index contributed by atoms with van der Waals surface area (Å²) >= 11 is 0. The third kappa shape index (κ3) is 8.27. The van der Waals surface area contributed by atoms with Gasteiger partial charge in [0.1, 0.15) is 0 Å². The summed E-state index contributed by atoms with van der Waals surface area (Å²) in [6.07, 6.45) is 0. The Labute approximate surface area is 131 Å². The fraction of sp³-hybridized carbons (Fsp3) is 0.938. The van der Waals surface area contributed by atoms with Crippen LogP contribution in [-0.2, 0) is 0 Å². The molecule has 124 valence electrons. The molecule has 0 amide bonds. The van der Waals surface area contributed by atoms with E-state index in [1.807, 2.05) is 0 Å².